The quantitative estimate of drug-likeness (QED) is 0.396. The summed E-state index contributed by atoms with van der Waals surface area (Å²) in [6.45, 7) is 5.36. The number of aromatic amines is 1. The fourth-order valence-corrected chi connectivity index (χ4v) is 3.38. The molecule has 3 rings (SSSR count). The van der Waals surface area contributed by atoms with Gasteiger partial charge in [-0.15, -0.1) is 0 Å². The van der Waals surface area contributed by atoms with Gasteiger partial charge >= 0.3 is 6.09 Å². The number of carbonyl (C=O) groups is 2. The fourth-order valence-electron chi connectivity index (χ4n) is 3.16. The molecule has 1 atom stereocenters. The molecule has 0 saturated heterocycles. The minimum atomic E-state index is -0.888. The molecule has 0 aliphatic rings. The molecule has 1 aromatic heterocycles. The lowest BCUT2D eigenvalue weighted by molar-refractivity contribution is -0.118. The van der Waals surface area contributed by atoms with Crippen LogP contribution in [-0.4, -0.2) is 45.1 Å². The van der Waals surface area contributed by atoms with E-state index >= 15 is 0 Å². The zero-order chi connectivity index (χ0) is 24.0. The highest BCUT2D eigenvalue weighted by molar-refractivity contribution is 6.31. The van der Waals surface area contributed by atoms with E-state index in [-0.39, 0.29) is 18.9 Å². The van der Waals surface area contributed by atoms with Crippen LogP contribution in [0.3, 0.4) is 0 Å². The van der Waals surface area contributed by atoms with Crippen LogP contribution in [0.2, 0.25) is 5.02 Å². The van der Waals surface area contributed by atoms with Crippen molar-refractivity contribution in [1.29, 1.82) is 0 Å². The molecule has 8 nitrogen and oxygen atoms in total. The monoisotopic (exact) mass is 472 g/mol. The third kappa shape index (κ3) is 7.13. The smallest absolute Gasteiger partial charge is 0.408 e. The first-order valence-electron chi connectivity index (χ1n) is 10.7. The van der Waals surface area contributed by atoms with Gasteiger partial charge in [0, 0.05) is 36.4 Å². The number of H-pyrrole nitrogens is 1. The summed E-state index contributed by atoms with van der Waals surface area (Å²) in [6.07, 6.45) is 1.99. The standard InChI is InChI=1S/C24H29ClN4O4/c1-24(2,3)33-23(32)27-21(14-16-6-4-5-7-20(16)25)22(31)26-17-8-10-19(11-9-17)29-15-18(28-29)12-13-30/h4-11,15,21,28,30H,12-14H2,1-3H3,(H,26,31)(H,27,32). The number of ether oxygens (including phenoxy) is 1. The number of amides is 2. The van der Waals surface area contributed by atoms with E-state index in [2.05, 4.69) is 15.7 Å². The number of hydrogen-bond acceptors (Lipinski definition) is 4. The van der Waals surface area contributed by atoms with E-state index in [1.54, 1.807) is 45.0 Å². The van der Waals surface area contributed by atoms with Crippen molar-refractivity contribution in [2.24, 2.45) is 0 Å². The molecule has 0 spiro atoms. The molecule has 1 heterocycles. The number of nitrogens with zero attached hydrogens (tertiary/aromatic N) is 1. The topological polar surface area (TPSA) is 108 Å². The predicted molar refractivity (Wildman–Crippen MR) is 128 cm³/mol. The lowest BCUT2D eigenvalue weighted by Gasteiger charge is -2.23. The van der Waals surface area contributed by atoms with E-state index in [1.165, 1.54) is 0 Å². The van der Waals surface area contributed by atoms with Gasteiger partial charge in [0.1, 0.15) is 11.6 Å². The number of aromatic nitrogens is 2. The number of anilines is 1. The second-order valence-corrected chi connectivity index (χ2v) is 9.05. The lowest BCUT2D eigenvalue weighted by atomic mass is 10.0. The Morgan fingerprint density at radius 1 is 1.15 bits per heavy atom. The van der Waals surface area contributed by atoms with E-state index < -0.39 is 17.7 Å². The molecule has 33 heavy (non-hydrogen) atoms. The number of halogens is 1. The first-order valence-corrected chi connectivity index (χ1v) is 11.0. The molecular formula is C24H29ClN4O4. The van der Waals surface area contributed by atoms with Crippen molar-refractivity contribution < 1.29 is 19.4 Å². The van der Waals surface area contributed by atoms with Gasteiger partial charge in [-0.05, 0) is 56.7 Å². The highest BCUT2D eigenvalue weighted by atomic mass is 35.5. The van der Waals surface area contributed by atoms with Crippen LogP contribution in [0.5, 0.6) is 0 Å². The Balaban J connectivity index is 1.70. The van der Waals surface area contributed by atoms with Gasteiger partial charge < -0.3 is 20.5 Å². The minimum Gasteiger partial charge on any atom is -0.444 e. The zero-order valence-electron chi connectivity index (χ0n) is 18.9. The lowest BCUT2D eigenvalue weighted by Crippen LogP contribution is -2.47. The maximum absolute atomic E-state index is 13.1. The van der Waals surface area contributed by atoms with Gasteiger partial charge in [0.25, 0.3) is 0 Å². The molecule has 9 heteroatoms. The highest BCUT2D eigenvalue weighted by Crippen LogP contribution is 2.19. The van der Waals surface area contributed by atoms with Gasteiger partial charge in [0.2, 0.25) is 5.91 Å². The fraction of sp³-hybridized carbons (Fsp3) is 0.333. The first-order chi connectivity index (χ1) is 15.6. The first kappa shape index (κ1) is 24.4. The molecule has 3 aromatic rings. The van der Waals surface area contributed by atoms with Crippen LogP contribution in [0, 0.1) is 0 Å². The molecular weight excluding hydrogens is 444 g/mol. The Bertz CT molecular complexity index is 1070. The number of aliphatic hydroxyl groups excluding tert-OH is 1. The van der Waals surface area contributed by atoms with Crippen LogP contribution >= 0.6 is 11.6 Å². The van der Waals surface area contributed by atoms with Gasteiger partial charge in [0.15, 0.2) is 0 Å². The third-order valence-electron chi connectivity index (χ3n) is 4.73. The second kappa shape index (κ2) is 10.6. The van der Waals surface area contributed by atoms with Crippen LogP contribution in [0.4, 0.5) is 10.5 Å². The molecule has 4 N–H and O–H groups in total. The Hall–Kier alpha value is -3.23. The van der Waals surface area contributed by atoms with Crippen molar-refractivity contribution in [3.8, 4) is 5.69 Å². The van der Waals surface area contributed by atoms with Crippen molar-refractivity contribution in [3.05, 3.63) is 71.0 Å². The van der Waals surface area contributed by atoms with E-state index in [1.807, 2.05) is 35.1 Å². The summed E-state index contributed by atoms with van der Waals surface area (Å²) in [4.78, 5) is 25.4. The van der Waals surface area contributed by atoms with Crippen molar-refractivity contribution in [1.82, 2.24) is 15.1 Å². The third-order valence-corrected chi connectivity index (χ3v) is 5.10. The van der Waals surface area contributed by atoms with Crippen molar-refractivity contribution >= 4 is 29.3 Å². The molecule has 0 fully saturated rings. The zero-order valence-corrected chi connectivity index (χ0v) is 19.6. The Morgan fingerprint density at radius 3 is 2.42 bits per heavy atom. The Labute approximate surface area is 197 Å². The highest BCUT2D eigenvalue weighted by Gasteiger charge is 2.25. The number of alkyl carbamates (subject to hydrolysis) is 1. The number of aliphatic hydroxyl groups is 1. The Morgan fingerprint density at radius 2 is 1.82 bits per heavy atom. The molecule has 0 aliphatic carbocycles. The molecule has 0 bridgehead atoms. The van der Waals surface area contributed by atoms with Crippen molar-refractivity contribution in [3.63, 3.8) is 0 Å². The molecule has 0 aliphatic heterocycles. The molecule has 2 amide bonds. The normalized spacial score (nSPS) is 12.3. The van der Waals surface area contributed by atoms with E-state index in [0.717, 1.165) is 16.9 Å². The van der Waals surface area contributed by atoms with Gasteiger partial charge in [-0.2, -0.15) is 0 Å². The average molecular weight is 473 g/mol. The molecule has 0 radical (unpaired) electrons. The van der Waals surface area contributed by atoms with Crippen LogP contribution < -0.4 is 10.6 Å². The molecule has 2 aromatic carbocycles. The van der Waals surface area contributed by atoms with Crippen molar-refractivity contribution in [2.45, 2.75) is 45.3 Å². The minimum absolute atomic E-state index is 0.0876. The molecule has 1 unspecified atom stereocenters. The van der Waals surface area contributed by atoms with Gasteiger partial charge in [-0.25, -0.2) is 4.79 Å². The number of rotatable bonds is 8. The van der Waals surface area contributed by atoms with Crippen LogP contribution in [0.25, 0.3) is 5.69 Å². The maximum atomic E-state index is 13.1. The van der Waals surface area contributed by atoms with Crippen molar-refractivity contribution in [2.75, 3.05) is 11.9 Å². The van der Waals surface area contributed by atoms with Crippen LogP contribution in [-0.2, 0) is 22.4 Å². The van der Waals surface area contributed by atoms with Gasteiger partial charge in [0.05, 0.1) is 11.4 Å². The van der Waals surface area contributed by atoms with E-state index in [4.69, 9.17) is 21.4 Å². The number of nitrogens with one attached hydrogen (secondary N) is 3. The summed E-state index contributed by atoms with van der Waals surface area (Å²) < 4.78 is 7.15. The number of carbonyl (C=O) groups excluding carboxylic acids is 2. The summed E-state index contributed by atoms with van der Waals surface area (Å²) in [5.41, 5.74) is 2.46. The largest absolute Gasteiger partial charge is 0.444 e. The summed E-state index contributed by atoms with van der Waals surface area (Å²) in [6, 6.07) is 13.5. The summed E-state index contributed by atoms with van der Waals surface area (Å²) in [5, 5.41) is 18.1. The summed E-state index contributed by atoms with van der Waals surface area (Å²) in [7, 11) is 0. The van der Waals surface area contributed by atoms with E-state index in [9.17, 15) is 9.59 Å². The second-order valence-electron chi connectivity index (χ2n) is 8.64. The number of benzene rings is 2. The van der Waals surface area contributed by atoms with Gasteiger partial charge in [-0.1, -0.05) is 29.8 Å². The summed E-state index contributed by atoms with van der Waals surface area (Å²) in [5.74, 6) is -0.388. The van der Waals surface area contributed by atoms with Crippen LogP contribution in [0.15, 0.2) is 54.7 Å². The SMILES string of the molecule is CC(C)(C)OC(=O)NC(Cc1ccccc1Cl)C(=O)Nc1ccc(-n2cc(CCO)[nH]2)cc1. The predicted octanol–water partition coefficient (Wildman–Crippen LogP) is 4.07. The maximum Gasteiger partial charge on any atom is 0.408 e. The van der Waals surface area contributed by atoms with Gasteiger partial charge in [-0.3, -0.25) is 14.6 Å². The van der Waals surface area contributed by atoms with E-state index in [0.29, 0.717) is 17.1 Å². The molecule has 0 saturated carbocycles. The molecule has 176 valence electrons. The van der Waals surface area contributed by atoms with Crippen LogP contribution in [0.1, 0.15) is 32.0 Å². The average Bonchev–Trinajstić information content (AvgIpc) is 2.71. The number of hydrogen-bond donors (Lipinski definition) is 4. The Kier molecular flexibility index (Phi) is 7.84. The summed E-state index contributed by atoms with van der Waals surface area (Å²) >= 11 is 6.27.